The first kappa shape index (κ1) is 11.5. The van der Waals surface area contributed by atoms with Crippen molar-refractivity contribution in [1.29, 1.82) is 0 Å². The molecule has 1 aromatic heterocycles. The van der Waals surface area contributed by atoms with E-state index in [0.29, 0.717) is 30.8 Å². The topological polar surface area (TPSA) is 27.8 Å². The molecule has 0 atom stereocenters. The Balaban J connectivity index is 2.38. The molecule has 18 heavy (non-hydrogen) atoms. The van der Waals surface area contributed by atoms with Gasteiger partial charge < -0.3 is 10.3 Å². The standard InChI is InChI=1S/C12H10F4N2/c13-8-2-1-7(12(14,15)16)10-6-5-17-4-3-9(6)18-11(8)10/h1-2,17-18H,3-5H2. The van der Waals surface area contributed by atoms with Gasteiger partial charge in [0.1, 0.15) is 5.82 Å². The fourth-order valence-corrected chi connectivity index (χ4v) is 2.46. The van der Waals surface area contributed by atoms with E-state index in [-0.39, 0.29) is 10.9 Å². The Hall–Kier alpha value is -1.56. The molecular formula is C12H10F4N2. The van der Waals surface area contributed by atoms with E-state index in [0.717, 1.165) is 12.1 Å². The van der Waals surface area contributed by atoms with Crippen LogP contribution in [-0.4, -0.2) is 11.5 Å². The van der Waals surface area contributed by atoms with E-state index < -0.39 is 17.6 Å². The summed E-state index contributed by atoms with van der Waals surface area (Å²) >= 11 is 0. The van der Waals surface area contributed by atoms with Crippen molar-refractivity contribution in [3.8, 4) is 0 Å². The van der Waals surface area contributed by atoms with Crippen molar-refractivity contribution in [2.45, 2.75) is 19.1 Å². The Bertz CT molecular complexity index is 613. The molecule has 6 heteroatoms. The summed E-state index contributed by atoms with van der Waals surface area (Å²) in [5.74, 6) is -0.646. The largest absolute Gasteiger partial charge is 0.417 e. The van der Waals surface area contributed by atoms with Crippen LogP contribution in [0.1, 0.15) is 16.8 Å². The molecule has 0 saturated carbocycles. The number of nitrogens with one attached hydrogen (secondary N) is 2. The second kappa shape index (κ2) is 3.71. The summed E-state index contributed by atoms with van der Waals surface area (Å²) < 4.78 is 52.4. The van der Waals surface area contributed by atoms with Crippen LogP contribution in [0.25, 0.3) is 10.9 Å². The highest BCUT2D eigenvalue weighted by Gasteiger charge is 2.35. The molecular weight excluding hydrogens is 248 g/mol. The number of aromatic nitrogens is 1. The van der Waals surface area contributed by atoms with Gasteiger partial charge in [0.2, 0.25) is 0 Å². The first-order valence-corrected chi connectivity index (χ1v) is 5.58. The highest BCUT2D eigenvalue weighted by molar-refractivity contribution is 5.89. The van der Waals surface area contributed by atoms with E-state index in [4.69, 9.17) is 0 Å². The number of rotatable bonds is 0. The summed E-state index contributed by atoms with van der Waals surface area (Å²) in [5.41, 5.74) is 0.404. The number of halogens is 4. The van der Waals surface area contributed by atoms with Gasteiger partial charge in [-0.15, -0.1) is 0 Å². The van der Waals surface area contributed by atoms with E-state index in [1.165, 1.54) is 0 Å². The smallest absolute Gasteiger partial charge is 0.356 e. The van der Waals surface area contributed by atoms with Gasteiger partial charge in [0, 0.05) is 30.6 Å². The second-order valence-corrected chi connectivity index (χ2v) is 4.35. The van der Waals surface area contributed by atoms with Crippen LogP contribution in [0, 0.1) is 5.82 Å². The molecule has 0 saturated heterocycles. The number of fused-ring (bicyclic) bond motifs is 3. The van der Waals surface area contributed by atoms with Gasteiger partial charge >= 0.3 is 6.18 Å². The molecule has 3 rings (SSSR count). The average molecular weight is 258 g/mol. The molecule has 1 aliphatic rings. The maximum absolute atomic E-state index is 13.6. The molecule has 2 heterocycles. The maximum Gasteiger partial charge on any atom is 0.417 e. The molecule has 2 nitrogen and oxygen atoms in total. The first-order chi connectivity index (χ1) is 8.48. The van der Waals surface area contributed by atoms with Crippen LogP contribution in [0.3, 0.4) is 0 Å². The number of alkyl halides is 3. The molecule has 0 spiro atoms. The van der Waals surface area contributed by atoms with Crippen molar-refractivity contribution in [2.24, 2.45) is 0 Å². The van der Waals surface area contributed by atoms with Crippen molar-refractivity contribution in [3.63, 3.8) is 0 Å². The molecule has 2 aromatic rings. The van der Waals surface area contributed by atoms with Crippen molar-refractivity contribution in [1.82, 2.24) is 10.3 Å². The normalized spacial score (nSPS) is 16.0. The predicted molar refractivity (Wildman–Crippen MR) is 58.7 cm³/mol. The molecule has 0 radical (unpaired) electrons. The minimum atomic E-state index is -4.47. The van der Waals surface area contributed by atoms with Crippen LogP contribution in [0.5, 0.6) is 0 Å². The molecule has 1 aromatic carbocycles. The Morgan fingerprint density at radius 1 is 1.17 bits per heavy atom. The predicted octanol–water partition coefficient (Wildman–Crippen LogP) is 2.97. The lowest BCUT2D eigenvalue weighted by atomic mass is 10.0. The number of hydrogen-bond acceptors (Lipinski definition) is 1. The molecule has 0 bridgehead atoms. The van der Waals surface area contributed by atoms with E-state index in [2.05, 4.69) is 10.3 Å². The molecule has 1 aliphatic heterocycles. The maximum atomic E-state index is 13.6. The van der Waals surface area contributed by atoms with Crippen LogP contribution in [-0.2, 0) is 19.1 Å². The van der Waals surface area contributed by atoms with Crippen molar-refractivity contribution in [2.75, 3.05) is 6.54 Å². The van der Waals surface area contributed by atoms with Gasteiger partial charge in [0.15, 0.2) is 0 Å². The van der Waals surface area contributed by atoms with Crippen LogP contribution in [0.15, 0.2) is 12.1 Å². The fourth-order valence-electron chi connectivity index (χ4n) is 2.46. The van der Waals surface area contributed by atoms with E-state index in [1.807, 2.05) is 0 Å². The lowest BCUT2D eigenvalue weighted by Crippen LogP contribution is -2.23. The minimum Gasteiger partial charge on any atom is -0.356 e. The van der Waals surface area contributed by atoms with Crippen molar-refractivity contribution in [3.05, 3.63) is 34.8 Å². The van der Waals surface area contributed by atoms with Crippen LogP contribution >= 0.6 is 0 Å². The molecule has 0 amide bonds. The lowest BCUT2D eigenvalue weighted by Gasteiger charge is -2.14. The molecule has 2 N–H and O–H groups in total. The zero-order chi connectivity index (χ0) is 12.9. The van der Waals surface area contributed by atoms with E-state index >= 15 is 0 Å². The SMILES string of the molecule is Fc1ccc(C(F)(F)F)c2c3c([nH]c12)CCNC3. The summed E-state index contributed by atoms with van der Waals surface area (Å²) in [7, 11) is 0. The Labute approximate surface area is 100.0 Å². The highest BCUT2D eigenvalue weighted by atomic mass is 19.4. The Morgan fingerprint density at radius 3 is 2.67 bits per heavy atom. The lowest BCUT2D eigenvalue weighted by molar-refractivity contribution is -0.136. The number of aromatic amines is 1. The summed E-state index contributed by atoms with van der Waals surface area (Å²) in [4.78, 5) is 2.78. The zero-order valence-corrected chi connectivity index (χ0v) is 9.29. The Morgan fingerprint density at radius 2 is 1.94 bits per heavy atom. The molecule has 96 valence electrons. The third-order valence-electron chi connectivity index (χ3n) is 3.26. The van der Waals surface area contributed by atoms with Crippen molar-refractivity contribution >= 4 is 10.9 Å². The Kier molecular flexibility index (Phi) is 2.38. The number of benzene rings is 1. The highest BCUT2D eigenvalue weighted by Crippen LogP contribution is 2.38. The van der Waals surface area contributed by atoms with Crippen LogP contribution in [0.2, 0.25) is 0 Å². The van der Waals surface area contributed by atoms with Gasteiger partial charge in [-0.25, -0.2) is 4.39 Å². The molecule has 0 aliphatic carbocycles. The van der Waals surface area contributed by atoms with Gasteiger partial charge in [-0.2, -0.15) is 13.2 Å². The van der Waals surface area contributed by atoms with Gasteiger partial charge in [-0.05, 0) is 17.7 Å². The van der Waals surface area contributed by atoms with E-state index in [1.54, 1.807) is 0 Å². The number of hydrogen-bond donors (Lipinski definition) is 2. The summed E-state index contributed by atoms with van der Waals surface area (Å²) in [6.07, 6.45) is -3.89. The third-order valence-corrected chi connectivity index (χ3v) is 3.26. The second-order valence-electron chi connectivity index (χ2n) is 4.35. The van der Waals surface area contributed by atoms with Crippen LogP contribution < -0.4 is 5.32 Å². The van der Waals surface area contributed by atoms with Gasteiger partial charge in [-0.3, -0.25) is 0 Å². The monoisotopic (exact) mass is 258 g/mol. The zero-order valence-electron chi connectivity index (χ0n) is 9.29. The summed E-state index contributed by atoms with van der Waals surface area (Å²) in [6.45, 7) is 1.02. The third kappa shape index (κ3) is 1.59. The average Bonchev–Trinajstić information content (AvgIpc) is 2.68. The van der Waals surface area contributed by atoms with Gasteiger partial charge in [0.25, 0.3) is 0 Å². The van der Waals surface area contributed by atoms with Gasteiger partial charge in [0.05, 0.1) is 11.1 Å². The quantitative estimate of drug-likeness (QED) is 0.698. The van der Waals surface area contributed by atoms with Crippen molar-refractivity contribution < 1.29 is 17.6 Å². The minimum absolute atomic E-state index is 0.0373. The molecule has 0 fully saturated rings. The van der Waals surface area contributed by atoms with Gasteiger partial charge in [-0.1, -0.05) is 0 Å². The fraction of sp³-hybridized carbons (Fsp3) is 0.333. The first-order valence-electron chi connectivity index (χ1n) is 5.58. The number of H-pyrrole nitrogens is 1. The van der Waals surface area contributed by atoms with E-state index in [9.17, 15) is 17.6 Å². The summed E-state index contributed by atoms with van der Waals surface area (Å²) in [5, 5.41) is 2.97. The molecule has 0 unspecified atom stereocenters. The summed E-state index contributed by atoms with van der Waals surface area (Å²) in [6, 6.07) is 1.67. The van der Waals surface area contributed by atoms with Crippen LogP contribution in [0.4, 0.5) is 17.6 Å².